The Hall–Kier alpha value is -2.82. The zero-order valence-electron chi connectivity index (χ0n) is 14.2. The third-order valence-electron chi connectivity index (χ3n) is 3.63. The molecule has 2 aromatic carbocycles. The van der Waals surface area contributed by atoms with E-state index in [2.05, 4.69) is 0 Å². The lowest BCUT2D eigenvalue weighted by Crippen LogP contribution is -2.30. The van der Waals surface area contributed by atoms with Crippen molar-refractivity contribution in [2.45, 2.75) is 6.54 Å². The summed E-state index contributed by atoms with van der Waals surface area (Å²) < 4.78 is 5.11. The van der Waals surface area contributed by atoms with Gasteiger partial charge in [-0.15, -0.1) is 0 Å². The van der Waals surface area contributed by atoms with Crippen LogP contribution in [0.25, 0.3) is 0 Å². The van der Waals surface area contributed by atoms with E-state index in [1.54, 1.807) is 19.2 Å². The standard InChI is InChI=1S/C19H22N2O3/c1-20(2)17-11-9-16(10-12-17)19(23)24-14-18(22)21(3)13-15-7-5-4-6-8-15/h4-12H,13-14H2,1-3H3. The second-order valence-electron chi connectivity index (χ2n) is 5.75. The van der Waals surface area contributed by atoms with Gasteiger partial charge < -0.3 is 14.5 Å². The molecule has 0 unspecified atom stereocenters. The lowest BCUT2D eigenvalue weighted by Gasteiger charge is -2.17. The number of benzene rings is 2. The van der Waals surface area contributed by atoms with Crippen molar-refractivity contribution in [2.75, 3.05) is 32.6 Å². The molecule has 1 amide bonds. The molecule has 2 rings (SSSR count). The Morgan fingerprint density at radius 2 is 1.54 bits per heavy atom. The molecule has 0 N–H and O–H groups in total. The monoisotopic (exact) mass is 326 g/mol. The first-order valence-electron chi connectivity index (χ1n) is 7.70. The van der Waals surface area contributed by atoms with Crippen LogP contribution in [0.5, 0.6) is 0 Å². The van der Waals surface area contributed by atoms with Gasteiger partial charge in [0.05, 0.1) is 5.56 Å². The van der Waals surface area contributed by atoms with Crippen LogP contribution >= 0.6 is 0 Å². The molecule has 5 nitrogen and oxygen atoms in total. The van der Waals surface area contributed by atoms with Crippen LogP contribution < -0.4 is 4.90 Å². The van der Waals surface area contributed by atoms with E-state index >= 15 is 0 Å². The molecule has 0 spiro atoms. The molecular weight excluding hydrogens is 304 g/mol. The van der Waals surface area contributed by atoms with E-state index in [-0.39, 0.29) is 12.5 Å². The number of nitrogens with zero attached hydrogens (tertiary/aromatic N) is 2. The number of hydrogen-bond donors (Lipinski definition) is 0. The Morgan fingerprint density at radius 3 is 2.12 bits per heavy atom. The van der Waals surface area contributed by atoms with Crippen LogP contribution in [0, 0.1) is 0 Å². The van der Waals surface area contributed by atoms with Crippen molar-refractivity contribution < 1.29 is 14.3 Å². The molecule has 0 fully saturated rings. The number of hydrogen-bond acceptors (Lipinski definition) is 4. The van der Waals surface area contributed by atoms with Gasteiger partial charge in [-0.2, -0.15) is 0 Å². The Kier molecular flexibility index (Phi) is 5.95. The maximum atomic E-state index is 12.1. The number of esters is 1. The summed E-state index contributed by atoms with van der Waals surface area (Å²) in [4.78, 5) is 27.6. The van der Waals surface area contributed by atoms with Crippen LogP contribution in [0.4, 0.5) is 5.69 Å². The number of amides is 1. The van der Waals surface area contributed by atoms with Crippen molar-refractivity contribution >= 4 is 17.6 Å². The van der Waals surface area contributed by atoms with E-state index in [1.165, 1.54) is 4.90 Å². The Bertz CT molecular complexity index is 682. The lowest BCUT2D eigenvalue weighted by molar-refractivity contribution is -0.133. The third-order valence-corrected chi connectivity index (χ3v) is 3.63. The van der Waals surface area contributed by atoms with Gasteiger partial charge in [0.2, 0.25) is 0 Å². The summed E-state index contributed by atoms with van der Waals surface area (Å²) >= 11 is 0. The molecule has 0 radical (unpaired) electrons. The smallest absolute Gasteiger partial charge is 0.338 e. The molecule has 0 bridgehead atoms. The minimum absolute atomic E-state index is 0.239. The quantitative estimate of drug-likeness (QED) is 0.766. The highest BCUT2D eigenvalue weighted by atomic mass is 16.5. The maximum absolute atomic E-state index is 12.1. The average molecular weight is 326 g/mol. The minimum atomic E-state index is -0.498. The first-order chi connectivity index (χ1) is 11.5. The zero-order valence-corrected chi connectivity index (χ0v) is 14.2. The predicted molar refractivity (Wildman–Crippen MR) is 94.0 cm³/mol. The molecule has 0 atom stereocenters. The molecule has 126 valence electrons. The summed E-state index contributed by atoms with van der Waals surface area (Å²) in [7, 11) is 5.54. The Morgan fingerprint density at radius 1 is 0.917 bits per heavy atom. The number of carbonyl (C=O) groups is 2. The molecule has 5 heteroatoms. The van der Waals surface area contributed by atoms with Gasteiger partial charge in [-0.25, -0.2) is 4.79 Å². The molecule has 0 saturated heterocycles. The van der Waals surface area contributed by atoms with Gasteiger partial charge in [0, 0.05) is 33.4 Å². The predicted octanol–water partition coefficient (Wildman–Crippen LogP) is 2.57. The molecule has 0 heterocycles. The summed E-state index contributed by atoms with van der Waals surface area (Å²) in [6.07, 6.45) is 0. The number of anilines is 1. The molecule has 0 aliphatic heterocycles. The van der Waals surface area contributed by atoms with Crippen LogP contribution in [0.15, 0.2) is 54.6 Å². The van der Waals surface area contributed by atoms with E-state index in [0.29, 0.717) is 12.1 Å². The lowest BCUT2D eigenvalue weighted by atomic mass is 10.2. The summed E-state index contributed by atoms with van der Waals surface area (Å²) in [5, 5.41) is 0. The highest BCUT2D eigenvalue weighted by molar-refractivity contribution is 5.91. The molecule has 0 aromatic heterocycles. The summed E-state index contributed by atoms with van der Waals surface area (Å²) in [5.41, 5.74) is 2.45. The largest absolute Gasteiger partial charge is 0.452 e. The first-order valence-corrected chi connectivity index (χ1v) is 7.70. The van der Waals surface area contributed by atoms with Crippen LogP contribution in [-0.4, -0.2) is 44.5 Å². The average Bonchev–Trinajstić information content (AvgIpc) is 2.60. The van der Waals surface area contributed by atoms with E-state index in [0.717, 1.165) is 11.3 Å². The fourth-order valence-corrected chi connectivity index (χ4v) is 2.16. The van der Waals surface area contributed by atoms with E-state index < -0.39 is 5.97 Å². The second-order valence-corrected chi connectivity index (χ2v) is 5.75. The molecule has 0 saturated carbocycles. The van der Waals surface area contributed by atoms with Crippen molar-refractivity contribution in [2.24, 2.45) is 0 Å². The van der Waals surface area contributed by atoms with Crippen LogP contribution in [-0.2, 0) is 16.1 Å². The van der Waals surface area contributed by atoms with Gasteiger partial charge in [0.15, 0.2) is 6.61 Å². The van der Waals surface area contributed by atoms with E-state index in [1.807, 2.05) is 61.5 Å². The highest BCUT2D eigenvalue weighted by Gasteiger charge is 2.14. The molecule has 0 aliphatic carbocycles. The molecule has 24 heavy (non-hydrogen) atoms. The fourth-order valence-electron chi connectivity index (χ4n) is 2.16. The van der Waals surface area contributed by atoms with Crippen LogP contribution in [0.3, 0.4) is 0 Å². The van der Waals surface area contributed by atoms with Crippen molar-refractivity contribution in [1.29, 1.82) is 0 Å². The van der Waals surface area contributed by atoms with Gasteiger partial charge in [-0.1, -0.05) is 30.3 Å². The highest BCUT2D eigenvalue weighted by Crippen LogP contribution is 2.13. The molecular formula is C19H22N2O3. The normalized spacial score (nSPS) is 10.1. The van der Waals surface area contributed by atoms with Crippen molar-refractivity contribution in [3.05, 3.63) is 65.7 Å². The van der Waals surface area contributed by atoms with E-state index in [4.69, 9.17) is 4.74 Å². The number of carbonyl (C=O) groups excluding carboxylic acids is 2. The minimum Gasteiger partial charge on any atom is -0.452 e. The van der Waals surface area contributed by atoms with Gasteiger partial charge in [0.1, 0.15) is 0 Å². The van der Waals surface area contributed by atoms with Gasteiger partial charge in [0.25, 0.3) is 5.91 Å². The number of rotatable bonds is 6. The zero-order chi connectivity index (χ0) is 17.5. The van der Waals surface area contributed by atoms with Crippen molar-refractivity contribution in [3.8, 4) is 0 Å². The second kappa shape index (κ2) is 8.15. The van der Waals surface area contributed by atoms with Crippen molar-refractivity contribution in [3.63, 3.8) is 0 Å². The SMILES string of the molecule is CN(Cc1ccccc1)C(=O)COC(=O)c1ccc(N(C)C)cc1. The van der Waals surface area contributed by atoms with Crippen LogP contribution in [0.2, 0.25) is 0 Å². The van der Waals surface area contributed by atoms with Crippen LogP contribution in [0.1, 0.15) is 15.9 Å². The Balaban J connectivity index is 1.85. The molecule has 2 aromatic rings. The fraction of sp³-hybridized carbons (Fsp3) is 0.263. The number of ether oxygens (including phenoxy) is 1. The van der Waals surface area contributed by atoms with Crippen molar-refractivity contribution in [1.82, 2.24) is 4.90 Å². The van der Waals surface area contributed by atoms with Gasteiger partial charge in [-0.05, 0) is 29.8 Å². The van der Waals surface area contributed by atoms with Gasteiger partial charge in [-0.3, -0.25) is 4.79 Å². The first kappa shape index (κ1) is 17.5. The topological polar surface area (TPSA) is 49.9 Å². The third kappa shape index (κ3) is 4.84. The summed E-state index contributed by atoms with van der Waals surface area (Å²) in [5.74, 6) is -0.737. The summed E-state index contributed by atoms with van der Waals surface area (Å²) in [6.45, 7) is 0.215. The molecule has 0 aliphatic rings. The number of likely N-dealkylation sites (N-methyl/N-ethyl adjacent to an activating group) is 1. The summed E-state index contributed by atoms with van der Waals surface area (Å²) in [6, 6.07) is 16.7. The van der Waals surface area contributed by atoms with E-state index in [9.17, 15) is 9.59 Å². The maximum Gasteiger partial charge on any atom is 0.338 e. The van der Waals surface area contributed by atoms with Gasteiger partial charge >= 0.3 is 5.97 Å². The Labute approximate surface area is 142 Å².